The summed E-state index contributed by atoms with van der Waals surface area (Å²) in [5.41, 5.74) is -0.768. The molecule has 8 heteroatoms. The predicted molar refractivity (Wildman–Crippen MR) is 108 cm³/mol. The molecule has 0 unspecified atom stereocenters. The third-order valence-corrected chi connectivity index (χ3v) is 8.14. The third-order valence-electron chi connectivity index (χ3n) is 6.14. The summed E-state index contributed by atoms with van der Waals surface area (Å²) in [4.78, 5) is 28.3. The highest BCUT2D eigenvalue weighted by atomic mass is 32.2. The molecule has 0 atom stereocenters. The van der Waals surface area contributed by atoms with Crippen molar-refractivity contribution in [3.63, 3.8) is 0 Å². The van der Waals surface area contributed by atoms with Gasteiger partial charge in [-0.25, -0.2) is 8.42 Å². The molecule has 2 aliphatic carbocycles. The number of nitrogens with zero attached hydrogens (tertiary/aromatic N) is 1. The number of rotatable bonds is 4. The van der Waals surface area contributed by atoms with Crippen molar-refractivity contribution < 1.29 is 8.42 Å². The average molecular weight is 406 g/mol. The van der Waals surface area contributed by atoms with Crippen LogP contribution in [0, 0.1) is 0 Å². The highest BCUT2D eigenvalue weighted by Crippen LogP contribution is 2.35. The number of sulfonamides is 1. The fourth-order valence-electron chi connectivity index (χ4n) is 4.74. The van der Waals surface area contributed by atoms with Crippen LogP contribution in [0.1, 0.15) is 64.2 Å². The normalized spacial score (nSPS) is 20.0. The molecule has 4 rings (SSSR count). The largest absolute Gasteiger partial charge is 0.316 e. The molecule has 0 amide bonds. The Bertz CT molecular complexity index is 1040. The highest BCUT2D eigenvalue weighted by molar-refractivity contribution is 7.89. The first-order valence-corrected chi connectivity index (χ1v) is 11.7. The van der Waals surface area contributed by atoms with E-state index in [1.54, 1.807) is 10.4 Å². The van der Waals surface area contributed by atoms with Gasteiger partial charge in [0.1, 0.15) is 0 Å². The number of hydrogen-bond donors (Lipinski definition) is 2. The summed E-state index contributed by atoms with van der Waals surface area (Å²) in [6.45, 7) is 0. The maximum atomic E-state index is 13.7. The average Bonchev–Trinajstić information content (AvgIpc) is 2.70. The van der Waals surface area contributed by atoms with Crippen LogP contribution in [0.4, 0.5) is 0 Å². The van der Waals surface area contributed by atoms with Gasteiger partial charge in [0, 0.05) is 12.1 Å². The number of aromatic amines is 2. The van der Waals surface area contributed by atoms with Crippen molar-refractivity contribution in [3.05, 3.63) is 38.9 Å². The lowest BCUT2D eigenvalue weighted by molar-refractivity contribution is 0.170. The minimum absolute atomic E-state index is 0.0483. The van der Waals surface area contributed by atoms with Crippen LogP contribution in [0.15, 0.2) is 32.7 Å². The zero-order valence-electron chi connectivity index (χ0n) is 15.9. The van der Waals surface area contributed by atoms with E-state index >= 15 is 0 Å². The summed E-state index contributed by atoms with van der Waals surface area (Å²) in [5, 5.41) is 0. The third kappa shape index (κ3) is 3.67. The molecule has 0 aliphatic heterocycles. The zero-order chi connectivity index (χ0) is 19.7. The molecule has 2 aromatic rings. The summed E-state index contributed by atoms with van der Waals surface area (Å²) in [7, 11) is -3.70. The molecule has 2 saturated carbocycles. The summed E-state index contributed by atoms with van der Waals surface area (Å²) in [6, 6.07) is 4.66. The minimum Gasteiger partial charge on any atom is -0.316 e. The van der Waals surface area contributed by atoms with Gasteiger partial charge in [0.15, 0.2) is 0 Å². The van der Waals surface area contributed by atoms with E-state index in [0.717, 1.165) is 51.4 Å². The van der Waals surface area contributed by atoms with Crippen LogP contribution in [-0.2, 0) is 10.0 Å². The van der Waals surface area contributed by atoms with Crippen molar-refractivity contribution in [2.75, 3.05) is 0 Å². The molecule has 0 bridgehead atoms. The first-order chi connectivity index (χ1) is 13.5. The predicted octanol–water partition coefficient (Wildman–Crippen LogP) is 2.87. The number of nitrogens with one attached hydrogen (secondary N) is 2. The van der Waals surface area contributed by atoms with Crippen LogP contribution < -0.4 is 11.1 Å². The number of benzene rings is 1. The molecule has 2 N–H and O–H groups in total. The van der Waals surface area contributed by atoms with Gasteiger partial charge in [-0.2, -0.15) is 4.31 Å². The van der Waals surface area contributed by atoms with Crippen LogP contribution in [0.5, 0.6) is 0 Å². The quantitative estimate of drug-likeness (QED) is 0.763. The van der Waals surface area contributed by atoms with Crippen LogP contribution in [0.2, 0.25) is 0 Å². The summed E-state index contributed by atoms with van der Waals surface area (Å²) in [6.07, 6.45) is 10.2. The van der Waals surface area contributed by atoms with Gasteiger partial charge in [0.2, 0.25) is 10.0 Å². The van der Waals surface area contributed by atoms with E-state index in [4.69, 9.17) is 0 Å². The Morgan fingerprint density at radius 3 is 1.79 bits per heavy atom. The SMILES string of the molecule is O=c1[nH]c2ccc(S(=O)(=O)N(C3CCCCC3)C3CCCCC3)cc2[nH]c1=O. The van der Waals surface area contributed by atoms with Gasteiger partial charge >= 0.3 is 11.1 Å². The van der Waals surface area contributed by atoms with Gasteiger partial charge in [-0.1, -0.05) is 38.5 Å². The molecule has 152 valence electrons. The first kappa shape index (κ1) is 19.4. The fourth-order valence-corrected chi connectivity index (χ4v) is 6.69. The summed E-state index contributed by atoms with van der Waals surface area (Å²) < 4.78 is 29.2. The molecule has 2 fully saturated rings. The minimum atomic E-state index is -3.70. The lowest BCUT2D eigenvalue weighted by atomic mass is 9.91. The fraction of sp³-hybridized carbons (Fsp3) is 0.600. The van der Waals surface area contributed by atoms with Crippen molar-refractivity contribution in [3.8, 4) is 0 Å². The van der Waals surface area contributed by atoms with Crippen molar-refractivity contribution in [2.24, 2.45) is 0 Å². The van der Waals surface area contributed by atoms with E-state index in [0.29, 0.717) is 11.0 Å². The standard InChI is InChI=1S/C20H27N3O4S/c24-19-20(25)22-18-13-16(11-12-17(18)21-19)28(26,27)23(14-7-3-1-4-8-14)15-9-5-2-6-10-15/h11-15H,1-10H2,(H,21,24)(H,22,25). The number of fused-ring (bicyclic) bond motifs is 1. The molecule has 2 aliphatic rings. The van der Waals surface area contributed by atoms with Crippen molar-refractivity contribution in [1.82, 2.24) is 14.3 Å². The maximum Gasteiger partial charge on any atom is 0.314 e. The zero-order valence-corrected chi connectivity index (χ0v) is 16.8. The van der Waals surface area contributed by atoms with Crippen molar-refractivity contribution in [1.29, 1.82) is 0 Å². The van der Waals surface area contributed by atoms with Crippen molar-refractivity contribution >= 4 is 21.1 Å². The van der Waals surface area contributed by atoms with E-state index in [9.17, 15) is 18.0 Å². The second kappa shape index (κ2) is 7.83. The number of aromatic nitrogens is 2. The van der Waals surface area contributed by atoms with Gasteiger partial charge in [0.05, 0.1) is 15.9 Å². The molecular formula is C20H27N3O4S. The van der Waals surface area contributed by atoms with Gasteiger partial charge in [0.25, 0.3) is 0 Å². The summed E-state index contributed by atoms with van der Waals surface area (Å²) >= 11 is 0. The second-order valence-corrected chi connectivity index (χ2v) is 9.88. The molecule has 7 nitrogen and oxygen atoms in total. The molecule has 28 heavy (non-hydrogen) atoms. The van der Waals surface area contributed by atoms with E-state index in [2.05, 4.69) is 9.97 Å². The Balaban J connectivity index is 1.77. The number of H-pyrrole nitrogens is 2. The highest BCUT2D eigenvalue weighted by Gasteiger charge is 2.38. The van der Waals surface area contributed by atoms with E-state index in [1.807, 2.05) is 0 Å². The monoisotopic (exact) mass is 405 g/mol. The van der Waals surface area contributed by atoms with Gasteiger partial charge in [-0.15, -0.1) is 0 Å². The molecule has 0 spiro atoms. The van der Waals surface area contributed by atoms with Gasteiger partial charge < -0.3 is 9.97 Å². The van der Waals surface area contributed by atoms with Gasteiger partial charge in [-0.3, -0.25) is 9.59 Å². The Hall–Kier alpha value is -1.93. The van der Waals surface area contributed by atoms with E-state index in [-0.39, 0.29) is 17.0 Å². The number of hydrogen-bond acceptors (Lipinski definition) is 4. The lowest BCUT2D eigenvalue weighted by Crippen LogP contribution is -2.48. The Kier molecular flexibility index (Phi) is 5.42. The second-order valence-electron chi connectivity index (χ2n) is 8.03. The van der Waals surface area contributed by atoms with Crippen LogP contribution in [-0.4, -0.2) is 34.8 Å². The molecule has 0 saturated heterocycles. The van der Waals surface area contributed by atoms with Crippen LogP contribution >= 0.6 is 0 Å². The van der Waals surface area contributed by atoms with Crippen LogP contribution in [0.25, 0.3) is 11.0 Å². The molecule has 1 aromatic heterocycles. The van der Waals surface area contributed by atoms with Crippen LogP contribution in [0.3, 0.4) is 0 Å². The first-order valence-electron chi connectivity index (χ1n) is 10.3. The van der Waals surface area contributed by atoms with E-state index < -0.39 is 21.1 Å². The van der Waals surface area contributed by atoms with E-state index in [1.165, 1.54) is 25.0 Å². The summed E-state index contributed by atoms with van der Waals surface area (Å²) in [5.74, 6) is 0. The molecule has 1 heterocycles. The maximum absolute atomic E-state index is 13.7. The molecular weight excluding hydrogens is 378 g/mol. The smallest absolute Gasteiger partial charge is 0.314 e. The molecule has 1 aromatic carbocycles. The Morgan fingerprint density at radius 1 is 0.750 bits per heavy atom. The topological polar surface area (TPSA) is 103 Å². The lowest BCUT2D eigenvalue weighted by Gasteiger charge is -2.40. The molecule has 0 radical (unpaired) electrons. The Labute approximate surface area is 164 Å². The van der Waals surface area contributed by atoms with Gasteiger partial charge in [-0.05, 0) is 43.9 Å². The van der Waals surface area contributed by atoms with Crippen molar-refractivity contribution in [2.45, 2.75) is 81.2 Å². The Morgan fingerprint density at radius 2 is 1.25 bits per heavy atom.